The van der Waals surface area contributed by atoms with E-state index in [0.29, 0.717) is 6.61 Å². The maximum atomic E-state index is 11.2. The number of fused-ring (bicyclic) bond motifs is 1. The molecule has 0 bridgehead atoms. The van der Waals surface area contributed by atoms with Gasteiger partial charge in [0.05, 0.1) is 16.8 Å². The number of rotatable bonds is 6. The molecular formula is C16H17NO2S2. The summed E-state index contributed by atoms with van der Waals surface area (Å²) in [5.41, 5.74) is 2.09. The van der Waals surface area contributed by atoms with Crippen molar-refractivity contribution in [1.29, 1.82) is 0 Å². The monoisotopic (exact) mass is 319 g/mol. The fraction of sp³-hybridized carbons (Fsp3) is 0.250. The lowest BCUT2D eigenvalue weighted by molar-refractivity contribution is -0.137. The Hall–Kier alpha value is -1.59. The van der Waals surface area contributed by atoms with Crippen molar-refractivity contribution < 1.29 is 9.53 Å². The molecule has 2 rings (SSSR count). The molecule has 110 valence electrons. The number of aromatic nitrogens is 1. The first-order valence-corrected chi connectivity index (χ1v) is 8.49. The van der Waals surface area contributed by atoms with Crippen LogP contribution in [0, 0.1) is 0 Å². The lowest BCUT2D eigenvalue weighted by atomic mass is 10.3. The molecule has 0 fully saturated rings. The smallest absolute Gasteiger partial charge is 0.330 e. The number of carbonyl (C=O) groups is 1. The summed E-state index contributed by atoms with van der Waals surface area (Å²) in [6.45, 7) is 4.16. The highest BCUT2D eigenvalue weighted by Crippen LogP contribution is 2.29. The molecule has 0 aliphatic heterocycles. The van der Waals surface area contributed by atoms with Crippen molar-refractivity contribution in [3.63, 3.8) is 0 Å². The Bertz CT molecular complexity index is 641. The van der Waals surface area contributed by atoms with Gasteiger partial charge in [-0.1, -0.05) is 41.6 Å². The molecule has 0 saturated carbocycles. The third-order valence-electron chi connectivity index (χ3n) is 2.66. The number of hydrogen-bond acceptors (Lipinski definition) is 5. The maximum Gasteiger partial charge on any atom is 0.330 e. The van der Waals surface area contributed by atoms with Crippen LogP contribution in [-0.2, 0) is 9.53 Å². The summed E-state index contributed by atoms with van der Waals surface area (Å²) >= 11 is 3.40. The van der Waals surface area contributed by atoms with Crippen LogP contribution in [0.2, 0.25) is 0 Å². The summed E-state index contributed by atoms with van der Waals surface area (Å²) in [6.07, 6.45) is 5.31. The molecule has 0 atom stereocenters. The van der Waals surface area contributed by atoms with Gasteiger partial charge in [-0.3, -0.25) is 0 Å². The first-order chi connectivity index (χ1) is 10.2. The normalized spacial score (nSPS) is 12.2. The van der Waals surface area contributed by atoms with Gasteiger partial charge in [0, 0.05) is 11.8 Å². The van der Waals surface area contributed by atoms with Crippen molar-refractivity contribution in [2.75, 3.05) is 12.4 Å². The molecular weight excluding hydrogens is 302 g/mol. The number of thiazole rings is 1. The van der Waals surface area contributed by atoms with Crippen LogP contribution in [0.1, 0.15) is 13.8 Å². The molecule has 21 heavy (non-hydrogen) atoms. The van der Waals surface area contributed by atoms with Crippen molar-refractivity contribution >= 4 is 39.3 Å². The average Bonchev–Trinajstić information content (AvgIpc) is 2.88. The van der Waals surface area contributed by atoms with Gasteiger partial charge in [0.1, 0.15) is 0 Å². The molecule has 5 heteroatoms. The van der Waals surface area contributed by atoms with E-state index in [0.717, 1.165) is 21.2 Å². The zero-order valence-corrected chi connectivity index (χ0v) is 13.7. The minimum absolute atomic E-state index is 0.302. The average molecular weight is 319 g/mol. The molecule has 0 spiro atoms. The van der Waals surface area contributed by atoms with Crippen molar-refractivity contribution in [3.05, 3.63) is 48.1 Å². The van der Waals surface area contributed by atoms with Crippen LogP contribution in [0.3, 0.4) is 0 Å². The van der Waals surface area contributed by atoms with Crippen molar-refractivity contribution in [2.45, 2.75) is 18.2 Å². The lowest BCUT2D eigenvalue weighted by Gasteiger charge is -1.95. The Morgan fingerprint density at radius 3 is 2.95 bits per heavy atom. The van der Waals surface area contributed by atoms with E-state index < -0.39 is 0 Å². The summed E-state index contributed by atoms with van der Waals surface area (Å²) in [5, 5.41) is 0. The number of ether oxygens (including phenoxy) is 1. The highest BCUT2D eigenvalue weighted by Gasteiger charge is 2.02. The Balaban J connectivity index is 1.87. The maximum absolute atomic E-state index is 11.2. The molecule has 1 aromatic carbocycles. The van der Waals surface area contributed by atoms with Gasteiger partial charge in [-0.25, -0.2) is 9.78 Å². The number of esters is 1. The fourth-order valence-electron chi connectivity index (χ4n) is 1.62. The van der Waals surface area contributed by atoms with Gasteiger partial charge >= 0.3 is 5.97 Å². The third-order valence-corrected chi connectivity index (χ3v) is 4.76. The van der Waals surface area contributed by atoms with Crippen molar-refractivity contribution in [2.24, 2.45) is 0 Å². The summed E-state index contributed by atoms with van der Waals surface area (Å²) in [7, 11) is 0. The van der Waals surface area contributed by atoms with Gasteiger partial charge in [0.15, 0.2) is 4.34 Å². The highest BCUT2D eigenvalue weighted by molar-refractivity contribution is 8.01. The van der Waals surface area contributed by atoms with Crippen LogP contribution in [0.5, 0.6) is 0 Å². The second kappa shape index (κ2) is 8.00. The van der Waals surface area contributed by atoms with Gasteiger partial charge < -0.3 is 4.74 Å². The van der Waals surface area contributed by atoms with Crippen LogP contribution in [-0.4, -0.2) is 23.3 Å². The van der Waals surface area contributed by atoms with E-state index in [-0.39, 0.29) is 5.97 Å². The summed E-state index contributed by atoms with van der Waals surface area (Å²) in [5.74, 6) is 0.530. The molecule has 1 heterocycles. The first-order valence-electron chi connectivity index (χ1n) is 6.69. The summed E-state index contributed by atoms with van der Waals surface area (Å²) in [6, 6.07) is 8.14. The number of benzene rings is 1. The predicted molar refractivity (Wildman–Crippen MR) is 89.9 cm³/mol. The van der Waals surface area contributed by atoms with Crippen molar-refractivity contribution in [3.8, 4) is 0 Å². The van der Waals surface area contributed by atoms with Crippen LogP contribution in [0.4, 0.5) is 0 Å². The number of allylic oxidation sites excluding steroid dienone is 2. The Labute approximate surface area is 132 Å². The summed E-state index contributed by atoms with van der Waals surface area (Å²) < 4.78 is 7.11. The number of hydrogen-bond donors (Lipinski definition) is 0. The van der Waals surface area contributed by atoms with E-state index in [1.165, 1.54) is 10.8 Å². The zero-order chi connectivity index (χ0) is 15.1. The zero-order valence-electron chi connectivity index (χ0n) is 12.0. The largest absolute Gasteiger partial charge is 0.463 e. The second-order valence-electron chi connectivity index (χ2n) is 4.29. The number of para-hydroxylation sites is 1. The quantitative estimate of drug-likeness (QED) is 0.341. The van der Waals surface area contributed by atoms with Crippen molar-refractivity contribution in [1.82, 2.24) is 4.98 Å². The topological polar surface area (TPSA) is 39.2 Å². The molecule has 0 radical (unpaired) electrons. The Morgan fingerprint density at radius 1 is 1.38 bits per heavy atom. The molecule has 1 aromatic heterocycles. The molecule has 0 amide bonds. The predicted octanol–water partition coefficient (Wildman–Crippen LogP) is 4.45. The molecule has 0 unspecified atom stereocenters. The minimum Gasteiger partial charge on any atom is -0.463 e. The standard InChI is InChI=1S/C16H17NO2S2/c1-3-19-15(18)9-8-12(2)10-11-20-16-17-13-6-4-5-7-14(13)21-16/h4-10H,3,11H2,1-2H3/b9-8+,12-10+. The summed E-state index contributed by atoms with van der Waals surface area (Å²) in [4.78, 5) is 15.8. The van der Waals surface area contributed by atoms with Crippen LogP contribution >= 0.6 is 23.1 Å². The van der Waals surface area contributed by atoms with Gasteiger partial charge in [0.25, 0.3) is 0 Å². The Morgan fingerprint density at radius 2 is 2.19 bits per heavy atom. The van der Waals surface area contributed by atoms with Gasteiger partial charge in [-0.15, -0.1) is 11.3 Å². The number of thioether (sulfide) groups is 1. The second-order valence-corrected chi connectivity index (χ2v) is 6.59. The van der Waals surface area contributed by atoms with E-state index in [2.05, 4.69) is 17.1 Å². The number of nitrogens with zero attached hydrogens (tertiary/aromatic N) is 1. The van der Waals surface area contributed by atoms with E-state index in [1.54, 1.807) is 36.1 Å². The molecule has 0 aliphatic rings. The van der Waals surface area contributed by atoms with Gasteiger partial charge in [-0.2, -0.15) is 0 Å². The van der Waals surface area contributed by atoms with E-state index in [4.69, 9.17) is 4.74 Å². The van der Waals surface area contributed by atoms with Crippen LogP contribution in [0.25, 0.3) is 10.2 Å². The number of carbonyl (C=O) groups excluding carboxylic acids is 1. The first kappa shape index (κ1) is 15.8. The van der Waals surface area contributed by atoms with E-state index in [1.807, 2.05) is 25.1 Å². The molecule has 3 nitrogen and oxygen atoms in total. The molecule has 0 saturated heterocycles. The fourth-order valence-corrected chi connectivity index (χ4v) is 3.67. The van der Waals surface area contributed by atoms with E-state index >= 15 is 0 Å². The minimum atomic E-state index is -0.302. The molecule has 0 N–H and O–H groups in total. The lowest BCUT2D eigenvalue weighted by Crippen LogP contribution is -1.98. The highest BCUT2D eigenvalue weighted by atomic mass is 32.2. The van der Waals surface area contributed by atoms with E-state index in [9.17, 15) is 4.79 Å². The van der Waals surface area contributed by atoms with Crippen LogP contribution < -0.4 is 0 Å². The molecule has 0 aliphatic carbocycles. The van der Waals surface area contributed by atoms with Gasteiger partial charge in [-0.05, 0) is 26.0 Å². The third kappa shape index (κ3) is 5.02. The SMILES string of the molecule is CCOC(=O)/C=C/C(C)=C/CSc1nc2ccccc2s1. The Kier molecular flexibility index (Phi) is 6.02. The molecule has 2 aromatic rings. The van der Waals surface area contributed by atoms with Gasteiger partial charge in [0.2, 0.25) is 0 Å². The van der Waals surface area contributed by atoms with Crippen LogP contribution in [0.15, 0.2) is 52.4 Å².